The molecule has 2 nitrogen and oxygen atoms in total. The van der Waals surface area contributed by atoms with Gasteiger partial charge < -0.3 is 4.74 Å². The van der Waals surface area contributed by atoms with Crippen LogP contribution in [0.2, 0.25) is 0 Å². The molecule has 0 saturated heterocycles. The fourth-order valence-electron chi connectivity index (χ4n) is 1.78. The Hall–Kier alpha value is -0.530. The van der Waals surface area contributed by atoms with Crippen LogP contribution in [0.4, 0.5) is 0 Å². The molecule has 0 aliphatic carbocycles. The Bertz CT molecular complexity index is 201. The van der Waals surface area contributed by atoms with Gasteiger partial charge in [-0.15, -0.1) is 0 Å². The molecule has 0 aromatic carbocycles. The van der Waals surface area contributed by atoms with Gasteiger partial charge in [0.25, 0.3) is 0 Å². The second kappa shape index (κ2) is 7.70. The number of rotatable bonds is 8. The van der Waals surface area contributed by atoms with Gasteiger partial charge in [0.05, 0.1) is 11.5 Å². The lowest BCUT2D eigenvalue weighted by atomic mass is 9.82. The molecule has 0 amide bonds. The average Bonchev–Trinajstić information content (AvgIpc) is 2.26. The monoisotopic (exact) mass is 228 g/mol. The van der Waals surface area contributed by atoms with Gasteiger partial charge in [-0.3, -0.25) is 4.79 Å². The van der Waals surface area contributed by atoms with Crippen LogP contribution >= 0.6 is 0 Å². The van der Waals surface area contributed by atoms with Crippen molar-refractivity contribution >= 4 is 5.97 Å². The minimum Gasteiger partial charge on any atom is -0.462 e. The van der Waals surface area contributed by atoms with Crippen LogP contribution < -0.4 is 0 Å². The van der Waals surface area contributed by atoms with Crippen molar-refractivity contribution in [3.8, 4) is 0 Å². The number of unbranched alkanes of at least 4 members (excludes halogenated alkanes) is 1. The fraction of sp³-hybridized carbons (Fsp3) is 0.929. The number of hydrogen-bond acceptors (Lipinski definition) is 2. The average molecular weight is 228 g/mol. The molecular formula is C14H28O2. The van der Waals surface area contributed by atoms with E-state index in [1.165, 1.54) is 0 Å². The first-order chi connectivity index (χ1) is 7.50. The highest BCUT2D eigenvalue weighted by Gasteiger charge is 2.33. The first-order valence-electron chi connectivity index (χ1n) is 6.71. The number of carbonyl (C=O) groups excluding carboxylic acids is 1. The van der Waals surface area contributed by atoms with E-state index in [4.69, 9.17) is 4.74 Å². The molecule has 0 rings (SSSR count). The van der Waals surface area contributed by atoms with Crippen molar-refractivity contribution in [1.82, 2.24) is 0 Å². The van der Waals surface area contributed by atoms with Crippen molar-refractivity contribution in [2.75, 3.05) is 0 Å². The van der Waals surface area contributed by atoms with Gasteiger partial charge in [0.15, 0.2) is 0 Å². The zero-order valence-electron chi connectivity index (χ0n) is 11.6. The zero-order valence-corrected chi connectivity index (χ0v) is 11.6. The van der Waals surface area contributed by atoms with Gasteiger partial charge in [0, 0.05) is 0 Å². The Balaban J connectivity index is 4.28. The molecule has 2 heteroatoms. The number of esters is 1. The molecule has 0 radical (unpaired) electrons. The van der Waals surface area contributed by atoms with Gasteiger partial charge in [0.2, 0.25) is 0 Å². The molecule has 96 valence electrons. The Morgan fingerprint density at radius 3 is 2.31 bits per heavy atom. The summed E-state index contributed by atoms with van der Waals surface area (Å²) in [6.45, 7) is 10.4. The lowest BCUT2D eigenvalue weighted by Gasteiger charge is -2.27. The van der Waals surface area contributed by atoms with E-state index < -0.39 is 0 Å². The Kier molecular flexibility index (Phi) is 7.44. The second-order valence-corrected chi connectivity index (χ2v) is 5.02. The van der Waals surface area contributed by atoms with Crippen LogP contribution in [0, 0.1) is 5.41 Å². The van der Waals surface area contributed by atoms with Crippen LogP contribution in [0.1, 0.15) is 73.1 Å². The lowest BCUT2D eigenvalue weighted by Crippen LogP contribution is -2.31. The van der Waals surface area contributed by atoms with E-state index in [-0.39, 0.29) is 17.5 Å². The summed E-state index contributed by atoms with van der Waals surface area (Å²) in [5.74, 6) is -0.00981. The maximum atomic E-state index is 12.1. The highest BCUT2D eigenvalue weighted by atomic mass is 16.5. The highest BCUT2D eigenvalue weighted by molar-refractivity contribution is 5.76. The predicted molar refractivity (Wildman–Crippen MR) is 68.4 cm³/mol. The number of ether oxygens (including phenoxy) is 1. The number of hydrogen-bond donors (Lipinski definition) is 0. The van der Waals surface area contributed by atoms with Gasteiger partial charge in [0.1, 0.15) is 0 Å². The largest absolute Gasteiger partial charge is 0.462 e. The standard InChI is InChI=1S/C14H28O2/c1-6-9-11-14(5,8-3)13(15)16-12(4)10-7-2/h12H,6-11H2,1-5H3. The minimum atomic E-state index is -0.280. The van der Waals surface area contributed by atoms with E-state index in [1.807, 2.05) is 13.8 Å². The molecule has 0 aromatic heterocycles. The van der Waals surface area contributed by atoms with Crippen molar-refractivity contribution in [2.24, 2.45) is 5.41 Å². The highest BCUT2D eigenvalue weighted by Crippen LogP contribution is 2.30. The summed E-state index contributed by atoms with van der Waals surface area (Å²) in [6.07, 6.45) is 6.12. The van der Waals surface area contributed by atoms with Crippen LogP contribution in [0.5, 0.6) is 0 Å². The van der Waals surface area contributed by atoms with E-state index in [1.54, 1.807) is 0 Å². The van der Waals surface area contributed by atoms with E-state index in [0.717, 1.165) is 38.5 Å². The van der Waals surface area contributed by atoms with Gasteiger partial charge in [-0.25, -0.2) is 0 Å². The predicted octanol–water partition coefficient (Wildman–Crippen LogP) is 4.32. The van der Waals surface area contributed by atoms with Gasteiger partial charge in [-0.05, 0) is 33.1 Å². The van der Waals surface area contributed by atoms with Gasteiger partial charge in [-0.1, -0.05) is 40.0 Å². The molecule has 0 heterocycles. The van der Waals surface area contributed by atoms with E-state index in [9.17, 15) is 4.79 Å². The Morgan fingerprint density at radius 2 is 1.88 bits per heavy atom. The van der Waals surface area contributed by atoms with Crippen molar-refractivity contribution in [3.05, 3.63) is 0 Å². The molecule has 0 aliphatic rings. The summed E-state index contributed by atoms with van der Waals surface area (Å²) in [6, 6.07) is 0. The van der Waals surface area contributed by atoms with E-state index in [2.05, 4.69) is 20.8 Å². The molecule has 0 saturated carbocycles. The van der Waals surface area contributed by atoms with Crippen molar-refractivity contribution in [1.29, 1.82) is 0 Å². The summed E-state index contributed by atoms with van der Waals surface area (Å²) < 4.78 is 5.50. The lowest BCUT2D eigenvalue weighted by molar-refractivity contribution is -0.160. The van der Waals surface area contributed by atoms with Crippen LogP contribution in [-0.4, -0.2) is 12.1 Å². The summed E-state index contributed by atoms with van der Waals surface area (Å²) in [4.78, 5) is 12.1. The van der Waals surface area contributed by atoms with Crippen LogP contribution in [0.15, 0.2) is 0 Å². The van der Waals surface area contributed by atoms with Crippen LogP contribution in [0.3, 0.4) is 0 Å². The van der Waals surface area contributed by atoms with Crippen molar-refractivity contribution < 1.29 is 9.53 Å². The molecule has 2 unspecified atom stereocenters. The molecule has 0 N–H and O–H groups in total. The molecular weight excluding hydrogens is 200 g/mol. The van der Waals surface area contributed by atoms with Crippen LogP contribution in [-0.2, 0) is 9.53 Å². The third-order valence-corrected chi connectivity index (χ3v) is 3.36. The first kappa shape index (κ1) is 15.5. The fourth-order valence-corrected chi connectivity index (χ4v) is 1.78. The molecule has 2 atom stereocenters. The Labute approximate surface area is 101 Å². The van der Waals surface area contributed by atoms with Crippen molar-refractivity contribution in [3.63, 3.8) is 0 Å². The van der Waals surface area contributed by atoms with E-state index >= 15 is 0 Å². The molecule has 0 spiro atoms. The maximum Gasteiger partial charge on any atom is 0.312 e. The third kappa shape index (κ3) is 5.00. The number of carbonyl (C=O) groups is 1. The molecule has 0 fully saturated rings. The topological polar surface area (TPSA) is 26.3 Å². The van der Waals surface area contributed by atoms with Crippen LogP contribution in [0.25, 0.3) is 0 Å². The molecule has 0 aromatic rings. The van der Waals surface area contributed by atoms with E-state index in [0.29, 0.717) is 0 Å². The van der Waals surface area contributed by atoms with Gasteiger partial charge in [-0.2, -0.15) is 0 Å². The smallest absolute Gasteiger partial charge is 0.312 e. The Morgan fingerprint density at radius 1 is 1.25 bits per heavy atom. The maximum absolute atomic E-state index is 12.1. The summed E-state index contributed by atoms with van der Waals surface area (Å²) in [7, 11) is 0. The second-order valence-electron chi connectivity index (χ2n) is 5.02. The summed E-state index contributed by atoms with van der Waals surface area (Å²) >= 11 is 0. The molecule has 16 heavy (non-hydrogen) atoms. The van der Waals surface area contributed by atoms with Gasteiger partial charge >= 0.3 is 5.97 Å². The first-order valence-corrected chi connectivity index (χ1v) is 6.71. The zero-order chi connectivity index (χ0) is 12.6. The minimum absolute atomic E-state index is 0.00981. The molecule has 0 aliphatic heterocycles. The van der Waals surface area contributed by atoms with Crippen molar-refractivity contribution in [2.45, 2.75) is 79.2 Å². The third-order valence-electron chi connectivity index (χ3n) is 3.36. The normalized spacial score (nSPS) is 16.6. The molecule has 0 bridgehead atoms. The SMILES string of the molecule is CCCCC(C)(CC)C(=O)OC(C)CCC. The quantitative estimate of drug-likeness (QED) is 0.578. The summed E-state index contributed by atoms with van der Waals surface area (Å²) in [5, 5.41) is 0. The summed E-state index contributed by atoms with van der Waals surface area (Å²) in [5.41, 5.74) is -0.280.